The molecule has 0 heterocycles. The standard InChI is InChI=1S/C13H20FN3O3S/c1-8-5-10(15)6-11(12(8)14)21(19,20)17(4)7-9(2)13(18)16-3/h5-6,9H,7,15H2,1-4H3,(H,16,18). The van der Waals surface area contributed by atoms with E-state index >= 15 is 0 Å². The molecule has 0 aliphatic heterocycles. The molecule has 0 fully saturated rings. The SMILES string of the molecule is CNC(=O)C(C)CN(C)S(=O)(=O)c1cc(N)cc(C)c1F. The van der Waals surface area contributed by atoms with Gasteiger partial charge in [0, 0.05) is 32.2 Å². The maximum atomic E-state index is 14.1. The number of nitrogens with one attached hydrogen (secondary N) is 1. The number of halogens is 1. The molecule has 0 spiro atoms. The lowest BCUT2D eigenvalue weighted by Gasteiger charge is -2.21. The Hall–Kier alpha value is -1.67. The Morgan fingerprint density at radius 3 is 2.57 bits per heavy atom. The molecular weight excluding hydrogens is 297 g/mol. The fraction of sp³-hybridized carbons (Fsp3) is 0.462. The third kappa shape index (κ3) is 3.70. The van der Waals surface area contributed by atoms with E-state index in [2.05, 4.69) is 5.32 Å². The molecule has 0 radical (unpaired) electrons. The molecule has 0 aliphatic rings. The zero-order valence-corrected chi connectivity index (χ0v) is 13.3. The van der Waals surface area contributed by atoms with Gasteiger partial charge in [-0.1, -0.05) is 6.92 Å². The molecule has 0 saturated heterocycles. The molecule has 1 aromatic carbocycles. The minimum Gasteiger partial charge on any atom is -0.399 e. The van der Waals surface area contributed by atoms with E-state index < -0.39 is 26.7 Å². The second-order valence-corrected chi connectivity index (χ2v) is 6.96. The van der Waals surface area contributed by atoms with Gasteiger partial charge in [-0.2, -0.15) is 0 Å². The summed E-state index contributed by atoms with van der Waals surface area (Å²) in [7, 11) is -1.29. The van der Waals surface area contributed by atoms with E-state index in [1.165, 1.54) is 27.1 Å². The molecule has 0 bridgehead atoms. The first kappa shape index (κ1) is 17.4. The third-order valence-electron chi connectivity index (χ3n) is 3.16. The van der Waals surface area contributed by atoms with Crippen LogP contribution in [0.3, 0.4) is 0 Å². The van der Waals surface area contributed by atoms with Crippen LogP contribution in [0.2, 0.25) is 0 Å². The molecule has 21 heavy (non-hydrogen) atoms. The van der Waals surface area contributed by atoms with E-state index in [-0.39, 0.29) is 23.7 Å². The quantitative estimate of drug-likeness (QED) is 0.783. The predicted octanol–water partition coefficient (Wildman–Crippen LogP) is 0.719. The molecule has 0 aliphatic carbocycles. The van der Waals surface area contributed by atoms with Crippen molar-refractivity contribution in [2.75, 3.05) is 26.4 Å². The summed E-state index contributed by atoms with van der Waals surface area (Å²) in [6, 6.07) is 2.44. The molecule has 1 aromatic rings. The van der Waals surface area contributed by atoms with Gasteiger partial charge in [0.05, 0.1) is 0 Å². The fourth-order valence-corrected chi connectivity index (χ4v) is 3.36. The molecule has 1 atom stereocenters. The molecule has 1 amide bonds. The molecule has 8 heteroatoms. The summed E-state index contributed by atoms with van der Waals surface area (Å²) in [6.45, 7) is 2.97. The van der Waals surface area contributed by atoms with Gasteiger partial charge < -0.3 is 11.1 Å². The number of amides is 1. The normalized spacial score (nSPS) is 13.2. The zero-order valence-electron chi connectivity index (χ0n) is 12.5. The van der Waals surface area contributed by atoms with Gasteiger partial charge in [-0.05, 0) is 24.6 Å². The molecule has 1 unspecified atom stereocenters. The first-order valence-electron chi connectivity index (χ1n) is 6.34. The fourth-order valence-electron chi connectivity index (χ4n) is 1.93. The van der Waals surface area contributed by atoms with Gasteiger partial charge in [-0.15, -0.1) is 0 Å². The van der Waals surface area contributed by atoms with E-state index in [9.17, 15) is 17.6 Å². The molecule has 0 saturated carbocycles. The highest BCUT2D eigenvalue weighted by molar-refractivity contribution is 7.89. The van der Waals surface area contributed by atoms with Gasteiger partial charge in [0.1, 0.15) is 10.7 Å². The van der Waals surface area contributed by atoms with Crippen molar-refractivity contribution in [2.24, 2.45) is 5.92 Å². The Bertz CT molecular complexity index is 646. The van der Waals surface area contributed by atoms with Crippen molar-refractivity contribution in [3.05, 3.63) is 23.5 Å². The predicted molar refractivity (Wildman–Crippen MR) is 78.6 cm³/mol. The summed E-state index contributed by atoms with van der Waals surface area (Å²) in [5.41, 5.74) is 5.90. The van der Waals surface area contributed by atoms with Gasteiger partial charge in [-0.25, -0.2) is 17.1 Å². The van der Waals surface area contributed by atoms with Crippen LogP contribution in [-0.4, -0.2) is 39.3 Å². The van der Waals surface area contributed by atoms with Crippen molar-refractivity contribution in [3.63, 3.8) is 0 Å². The van der Waals surface area contributed by atoms with Crippen LogP contribution in [0, 0.1) is 18.7 Å². The van der Waals surface area contributed by atoms with Gasteiger partial charge in [0.15, 0.2) is 0 Å². The molecule has 1 rings (SSSR count). The topological polar surface area (TPSA) is 92.5 Å². The molecule has 6 nitrogen and oxygen atoms in total. The summed E-state index contributed by atoms with van der Waals surface area (Å²) in [6.07, 6.45) is 0. The number of nitrogen functional groups attached to an aromatic ring is 1. The number of nitrogens with two attached hydrogens (primary N) is 1. The average Bonchev–Trinajstić information content (AvgIpc) is 2.41. The maximum Gasteiger partial charge on any atom is 0.245 e. The lowest BCUT2D eigenvalue weighted by molar-refractivity contribution is -0.124. The van der Waals surface area contributed by atoms with E-state index in [0.29, 0.717) is 0 Å². The van der Waals surface area contributed by atoms with Crippen LogP contribution < -0.4 is 11.1 Å². The Morgan fingerprint density at radius 1 is 1.48 bits per heavy atom. The Morgan fingerprint density at radius 2 is 2.05 bits per heavy atom. The summed E-state index contributed by atoms with van der Waals surface area (Å²) < 4.78 is 39.8. The minimum absolute atomic E-state index is 0.0602. The Balaban J connectivity index is 3.14. The Kier molecular flexibility index (Phi) is 5.30. The number of carbonyl (C=O) groups excluding carboxylic acids is 1. The minimum atomic E-state index is -4.05. The van der Waals surface area contributed by atoms with Crippen LogP contribution in [0.1, 0.15) is 12.5 Å². The van der Waals surface area contributed by atoms with Crippen molar-refractivity contribution < 1.29 is 17.6 Å². The van der Waals surface area contributed by atoms with Crippen LogP contribution in [0.15, 0.2) is 17.0 Å². The summed E-state index contributed by atoms with van der Waals surface area (Å²) in [4.78, 5) is 11.0. The second-order valence-electron chi connectivity index (χ2n) is 4.95. The lowest BCUT2D eigenvalue weighted by atomic mass is 10.2. The number of hydrogen-bond donors (Lipinski definition) is 2. The highest BCUT2D eigenvalue weighted by Gasteiger charge is 2.28. The zero-order chi connectivity index (χ0) is 16.4. The smallest absolute Gasteiger partial charge is 0.245 e. The van der Waals surface area contributed by atoms with E-state index in [0.717, 1.165) is 10.4 Å². The van der Waals surface area contributed by atoms with Crippen LogP contribution in [0.4, 0.5) is 10.1 Å². The first-order valence-corrected chi connectivity index (χ1v) is 7.78. The number of rotatable bonds is 5. The average molecular weight is 317 g/mol. The van der Waals surface area contributed by atoms with Crippen molar-refractivity contribution >= 4 is 21.6 Å². The molecule has 118 valence electrons. The number of aryl methyl sites for hydroxylation is 1. The first-order chi connectivity index (χ1) is 9.61. The molecular formula is C13H20FN3O3S. The number of sulfonamides is 1. The number of benzene rings is 1. The third-order valence-corrected chi connectivity index (χ3v) is 4.98. The lowest BCUT2D eigenvalue weighted by Crippen LogP contribution is -2.37. The van der Waals surface area contributed by atoms with Crippen molar-refractivity contribution in [3.8, 4) is 0 Å². The number of carbonyl (C=O) groups is 1. The monoisotopic (exact) mass is 317 g/mol. The Labute approximate surface area is 124 Å². The van der Waals surface area contributed by atoms with Gasteiger partial charge in [0.2, 0.25) is 15.9 Å². The van der Waals surface area contributed by atoms with Gasteiger partial charge in [0.25, 0.3) is 0 Å². The van der Waals surface area contributed by atoms with Gasteiger partial charge in [-0.3, -0.25) is 4.79 Å². The largest absolute Gasteiger partial charge is 0.399 e. The van der Waals surface area contributed by atoms with E-state index in [1.54, 1.807) is 6.92 Å². The molecule has 3 N–H and O–H groups in total. The second kappa shape index (κ2) is 6.40. The van der Waals surface area contributed by atoms with Crippen molar-refractivity contribution in [2.45, 2.75) is 18.7 Å². The van der Waals surface area contributed by atoms with Crippen LogP contribution in [0.5, 0.6) is 0 Å². The number of hydrogen-bond acceptors (Lipinski definition) is 4. The van der Waals surface area contributed by atoms with Crippen molar-refractivity contribution in [1.82, 2.24) is 9.62 Å². The highest BCUT2D eigenvalue weighted by Crippen LogP contribution is 2.24. The maximum absolute atomic E-state index is 14.1. The van der Waals surface area contributed by atoms with E-state index in [1.807, 2.05) is 0 Å². The summed E-state index contributed by atoms with van der Waals surface area (Å²) in [5, 5.41) is 2.44. The van der Waals surface area contributed by atoms with Crippen molar-refractivity contribution in [1.29, 1.82) is 0 Å². The van der Waals surface area contributed by atoms with Crippen LogP contribution in [0.25, 0.3) is 0 Å². The van der Waals surface area contributed by atoms with E-state index in [4.69, 9.17) is 5.73 Å². The summed E-state index contributed by atoms with van der Waals surface area (Å²) in [5.74, 6) is -1.68. The number of nitrogens with zero attached hydrogens (tertiary/aromatic N) is 1. The highest BCUT2D eigenvalue weighted by atomic mass is 32.2. The molecule has 0 aromatic heterocycles. The van der Waals surface area contributed by atoms with Crippen LogP contribution in [-0.2, 0) is 14.8 Å². The number of anilines is 1. The van der Waals surface area contributed by atoms with Gasteiger partial charge >= 0.3 is 0 Å². The summed E-state index contributed by atoms with van der Waals surface area (Å²) >= 11 is 0. The van der Waals surface area contributed by atoms with Crippen LogP contribution >= 0.6 is 0 Å².